The maximum atomic E-state index is 12.4. The zero-order valence-corrected chi connectivity index (χ0v) is 19.3. The molecule has 1 fully saturated rings. The van der Waals surface area contributed by atoms with Crippen LogP contribution < -0.4 is 14.4 Å². The molecule has 0 saturated heterocycles. The lowest BCUT2D eigenvalue weighted by Crippen LogP contribution is -2.37. The summed E-state index contributed by atoms with van der Waals surface area (Å²) in [4.78, 5) is 12.2. The van der Waals surface area contributed by atoms with Gasteiger partial charge in [-0.25, -0.2) is 8.42 Å². The molecule has 1 saturated carbocycles. The predicted molar refractivity (Wildman–Crippen MR) is 124 cm³/mol. The molecule has 2 aromatic carbocycles. The van der Waals surface area contributed by atoms with Crippen LogP contribution in [-0.2, 0) is 21.4 Å². The van der Waals surface area contributed by atoms with E-state index in [-0.39, 0.29) is 25.1 Å². The van der Waals surface area contributed by atoms with E-state index in [9.17, 15) is 13.2 Å². The van der Waals surface area contributed by atoms with Gasteiger partial charge in [0.25, 0.3) is 5.91 Å². The first-order valence-electron chi connectivity index (χ1n) is 10.6. The third kappa shape index (κ3) is 7.14. The van der Waals surface area contributed by atoms with Gasteiger partial charge in [0.1, 0.15) is 5.75 Å². The first-order chi connectivity index (χ1) is 14.8. The maximum absolute atomic E-state index is 12.4. The second-order valence-electron chi connectivity index (χ2n) is 7.90. The van der Waals surface area contributed by atoms with Crippen molar-refractivity contribution < 1.29 is 17.9 Å². The number of sulfonamides is 1. The van der Waals surface area contributed by atoms with Crippen molar-refractivity contribution in [3.05, 3.63) is 59.1 Å². The Morgan fingerprint density at radius 3 is 2.32 bits per heavy atom. The summed E-state index contributed by atoms with van der Waals surface area (Å²) >= 11 is 6.20. The zero-order valence-electron chi connectivity index (χ0n) is 17.7. The fourth-order valence-electron chi connectivity index (χ4n) is 3.73. The number of ether oxygens (including phenoxy) is 1. The molecule has 0 spiro atoms. The molecule has 1 amide bonds. The quantitative estimate of drug-likeness (QED) is 0.582. The van der Waals surface area contributed by atoms with Crippen molar-refractivity contribution in [2.24, 2.45) is 0 Å². The Morgan fingerprint density at radius 2 is 1.71 bits per heavy atom. The minimum atomic E-state index is -3.52. The molecule has 1 N–H and O–H groups in total. The van der Waals surface area contributed by atoms with Crippen molar-refractivity contribution in [2.45, 2.75) is 51.1 Å². The highest BCUT2D eigenvalue weighted by Gasteiger charge is 2.19. The number of nitrogens with one attached hydrogen (secondary N) is 1. The number of anilines is 1. The van der Waals surface area contributed by atoms with Gasteiger partial charge in [0, 0.05) is 11.1 Å². The van der Waals surface area contributed by atoms with Crippen molar-refractivity contribution in [1.29, 1.82) is 0 Å². The third-order valence-electron chi connectivity index (χ3n) is 5.39. The smallest absolute Gasteiger partial charge is 0.258 e. The number of nitrogens with zero attached hydrogens (tertiary/aromatic N) is 1. The molecule has 0 radical (unpaired) electrons. The van der Waals surface area contributed by atoms with E-state index in [1.807, 2.05) is 6.07 Å². The molecular formula is C23H29ClN2O4S. The summed E-state index contributed by atoms with van der Waals surface area (Å²) in [7, 11) is -3.52. The minimum Gasteiger partial charge on any atom is -0.484 e. The van der Waals surface area contributed by atoms with E-state index in [1.54, 1.807) is 42.5 Å². The lowest BCUT2D eigenvalue weighted by molar-refractivity contribution is -0.123. The molecule has 0 unspecified atom stereocenters. The van der Waals surface area contributed by atoms with Crippen LogP contribution in [0.3, 0.4) is 0 Å². The SMILES string of the molecule is CS(=O)(=O)N(Cc1ccccc1Cl)c1ccc(OCC(=O)NC2CCCCCC2)cc1. The van der Waals surface area contributed by atoms with Gasteiger partial charge in [0.05, 0.1) is 18.5 Å². The van der Waals surface area contributed by atoms with Crippen LogP contribution in [0.2, 0.25) is 5.02 Å². The van der Waals surface area contributed by atoms with Crippen molar-refractivity contribution >= 4 is 33.2 Å². The second-order valence-corrected chi connectivity index (χ2v) is 10.2. The fourth-order valence-corrected chi connectivity index (χ4v) is 4.81. The third-order valence-corrected chi connectivity index (χ3v) is 6.90. The van der Waals surface area contributed by atoms with Gasteiger partial charge < -0.3 is 10.1 Å². The van der Waals surface area contributed by atoms with Crippen molar-refractivity contribution in [1.82, 2.24) is 5.32 Å². The summed E-state index contributed by atoms with van der Waals surface area (Å²) in [6, 6.07) is 14.0. The van der Waals surface area contributed by atoms with E-state index >= 15 is 0 Å². The van der Waals surface area contributed by atoms with E-state index < -0.39 is 10.0 Å². The van der Waals surface area contributed by atoms with Crippen LogP contribution >= 0.6 is 11.6 Å². The average molecular weight is 465 g/mol. The number of hydrogen-bond acceptors (Lipinski definition) is 4. The molecule has 6 nitrogen and oxygen atoms in total. The Labute approximate surface area is 189 Å². The van der Waals surface area contributed by atoms with Gasteiger partial charge in [-0.2, -0.15) is 0 Å². The van der Waals surface area contributed by atoms with Crippen LogP contribution in [0.15, 0.2) is 48.5 Å². The molecule has 0 atom stereocenters. The van der Waals surface area contributed by atoms with Gasteiger partial charge in [-0.3, -0.25) is 9.10 Å². The molecule has 0 aromatic heterocycles. The first-order valence-corrected chi connectivity index (χ1v) is 12.8. The van der Waals surface area contributed by atoms with Gasteiger partial charge in [0.15, 0.2) is 6.61 Å². The van der Waals surface area contributed by atoms with Crippen molar-refractivity contribution in [3.63, 3.8) is 0 Å². The summed E-state index contributed by atoms with van der Waals surface area (Å²) in [6.45, 7) is 0.0633. The summed E-state index contributed by atoms with van der Waals surface area (Å²) in [5.74, 6) is 0.374. The summed E-state index contributed by atoms with van der Waals surface area (Å²) in [5.41, 5.74) is 1.21. The number of carbonyl (C=O) groups is 1. The lowest BCUT2D eigenvalue weighted by Gasteiger charge is -2.23. The van der Waals surface area contributed by atoms with E-state index in [1.165, 1.54) is 17.1 Å². The minimum absolute atomic E-state index is 0.0642. The number of amides is 1. The Balaban J connectivity index is 1.60. The van der Waals surface area contributed by atoms with Crippen molar-refractivity contribution in [3.8, 4) is 5.75 Å². The Morgan fingerprint density at radius 1 is 1.06 bits per heavy atom. The average Bonchev–Trinajstić information content (AvgIpc) is 3.00. The Kier molecular flexibility index (Phi) is 8.21. The highest BCUT2D eigenvalue weighted by Crippen LogP contribution is 2.26. The standard InChI is InChI=1S/C23H29ClN2O4S/c1-31(28,29)26(16-18-8-6-7-11-22(18)24)20-12-14-21(15-13-20)30-17-23(27)25-19-9-4-2-3-5-10-19/h6-8,11-15,19H,2-5,9-10,16-17H2,1H3,(H,25,27). The van der Waals surface area contributed by atoms with Crippen LogP contribution in [0.25, 0.3) is 0 Å². The molecule has 168 valence electrons. The molecule has 3 rings (SSSR count). The largest absolute Gasteiger partial charge is 0.484 e. The molecule has 1 aliphatic carbocycles. The number of benzene rings is 2. The van der Waals surface area contributed by atoms with Gasteiger partial charge >= 0.3 is 0 Å². The molecule has 0 aliphatic heterocycles. The first kappa shape index (κ1) is 23.4. The molecule has 0 heterocycles. The van der Waals surface area contributed by atoms with E-state index in [0.29, 0.717) is 22.0 Å². The topological polar surface area (TPSA) is 75.7 Å². The van der Waals surface area contributed by atoms with Crippen LogP contribution in [0.1, 0.15) is 44.1 Å². The predicted octanol–water partition coefficient (Wildman–Crippen LogP) is 4.52. The summed E-state index contributed by atoms with van der Waals surface area (Å²) in [6.07, 6.45) is 7.97. The van der Waals surface area contributed by atoms with Gasteiger partial charge in [-0.1, -0.05) is 55.5 Å². The summed E-state index contributed by atoms with van der Waals surface area (Å²) in [5, 5.41) is 3.56. The molecule has 0 bridgehead atoms. The van der Waals surface area contributed by atoms with Gasteiger partial charge in [-0.05, 0) is 48.7 Å². The van der Waals surface area contributed by atoms with Crippen LogP contribution in [-0.4, -0.2) is 33.2 Å². The van der Waals surface area contributed by atoms with E-state index in [4.69, 9.17) is 16.3 Å². The van der Waals surface area contributed by atoms with Gasteiger partial charge in [-0.15, -0.1) is 0 Å². The molecule has 8 heteroatoms. The van der Waals surface area contributed by atoms with Gasteiger partial charge in [0.2, 0.25) is 10.0 Å². The Hall–Kier alpha value is -2.25. The lowest BCUT2D eigenvalue weighted by atomic mass is 10.1. The van der Waals surface area contributed by atoms with Crippen LogP contribution in [0.4, 0.5) is 5.69 Å². The number of rotatable bonds is 8. The highest BCUT2D eigenvalue weighted by atomic mass is 35.5. The number of carbonyl (C=O) groups excluding carboxylic acids is 1. The fraction of sp³-hybridized carbons (Fsp3) is 0.435. The van der Waals surface area contributed by atoms with Crippen LogP contribution in [0.5, 0.6) is 5.75 Å². The second kappa shape index (κ2) is 10.9. The summed E-state index contributed by atoms with van der Waals surface area (Å²) < 4.78 is 31.6. The normalized spacial score (nSPS) is 15.2. The van der Waals surface area contributed by atoms with Crippen LogP contribution in [0, 0.1) is 0 Å². The molecular weight excluding hydrogens is 436 g/mol. The highest BCUT2D eigenvalue weighted by molar-refractivity contribution is 7.92. The molecule has 31 heavy (non-hydrogen) atoms. The number of halogens is 1. The monoisotopic (exact) mass is 464 g/mol. The van der Waals surface area contributed by atoms with E-state index in [0.717, 1.165) is 31.9 Å². The molecule has 2 aromatic rings. The van der Waals surface area contributed by atoms with E-state index in [2.05, 4.69) is 5.32 Å². The number of hydrogen-bond donors (Lipinski definition) is 1. The zero-order chi connectivity index (χ0) is 22.3. The van der Waals surface area contributed by atoms with Crippen molar-refractivity contribution in [2.75, 3.05) is 17.2 Å². The Bertz CT molecular complexity index is 971. The molecule has 1 aliphatic rings. The maximum Gasteiger partial charge on any atom is 0.258 e.